The third-order valence-electron chi connectivity index (χ3n) is 4.64. The van der Waals surface area contributed by atoms with Crippen molar-refractivity contribution in [1.29, 1.82) is 5.26 Å². The van der Waals surface area contributed by atoms with Crippen molar-refractivity contribution in [2.45, 2.75) is 70.6 Å². The summed E-state index contributed by atoms with van der Waals surface area (Å²) in [6, 6.07) is 9.49. The van der Waals surface area contributed by atoms with Gasteiger partial charge in [-0.2, -0.15) is 5.26 Å². The monoisotopic (exact) mass is 314 g/mol. The van der Waals surface area contributed by atoms with Crippen LogP contribution < -0.4 is 0 Å². The van der Waals surface area contributed by atoms with Crippen molar-refractivity contribution in [3.63, 3.8) is 0 Å². The van der Waals surface area contributed by atoms with E-state index >= 15 is 0 Å². The maximum atomic E-state index is 12.7. The van der Waals surface area contributed by atoms with Crippen LogP contribution in [0.2, 0.25) is 0 Å². The van der Waals surface area contributed by atoms with E-state index in [2.05, 4.69) is 6.07 Å². The first-order valence-electron chi connectivity index (χ1n) is 8.44. The number of amides is 1. The summed E-state index contributed by atoms with van der Waals surface area (Å²) in [5.41, 5.74) is 0.794. The van der Waals surface area contributed by atoms with Gasteiger partial charge in [0, 0.05) is 12.6 Å². The largest absolute Gasteiger partial charge is 0.389 e. The van der Waals surface area contributed by atoms with Crippen LogP contribution in [-0.4, -0.2) is 27.6 Å². The third kappa shape index (κ3) is 4.80. The number of benzene rings is 1. The first-order valence-corrected chi connectivity index (χ1v) is 8.44. The van der Waals surface area contributed by atoms with Crippen molar-refractivity contribution in [2.75, 3.05) is 0 Å². The molecule has 0 spiro atoms. The first kappa shape index (κ1) is 17.5. The lowest BCUT2D eigenvalue weighted by Gasteiger charge is -2.35. The second kappa shape index (κ2) is 7.61. The summed E-state index contributed by atoms with van der Waals surface area (Å²) in [7, 11) is 0. The zero-order chi connectivity index (χ0) is 16.9. The van der Waals surface area contributed by atoms with Crippen LogP contribution in [0.5, 0.6) is 0 Å². The molecule has 1 fully saturated rings. The highest BCUT2D eigenvalue weighted by molar-refractivity contribution is 5.77. The quantitative estimate of drug-likeness (QED) is 0.906. The van der Waals surface area contributed by atoms with Crippen LogP contribution in [0.3, 0.4) is 0 Å². The Kier molecular flexibility index (Phi) is 5.79. The van der Waals surface area contributed by atoms with E-state index in [0.29, 0.717) is 12.1 Å². The fourth-order valence-electron chi connectivity index (χ4n) is 3.21. The highest BCUT2D eigenvalue weighted by atomic mass is 16.3. The number of carbonyl (C=O) groups excluding carboxylic acids is 1. The minimum Gasteiger partial charge on any atom is -0.389 e. The Balaban J connectivity index is 2.04. The molecular formula is C19H26N2O2. The lowest BCUT2D eigenvalue weighted by molar-refractivity contribution is -0.140. The van der Waals surface area contributed by atoms with Crippen molar-refractivity contribution in [1.82, 2.24) is 4.90 Å². The Morgan fingerprint density at radius 2 is 1.87 bits per heavy atom. The van der Waals surface area contributed by atoms with Gasteiger partial charge in [0.05, 0.1) is 23.7 Å². The van der Waals surface area contributed by atoms with E-state index in [1.807, 2.05) is 30.9 Å². The summed E-state index contributed by atoms with van der Waals surface area (Å²) in [5.74, 6) is 0.00811. The predicted octanol–water partition coefficient (Wildman–Crippen LogP) is 3.38. The summed E-state index contributed by atoms with van der Waals surface area (Å²) in [4.78, 5) is 14.5. The van der Waals surface area contributed by atoms with Crippen molar-refractivity contribution < 1.29 is 9.90 Å². The number of carbonyl (C=O) groups is 1. The fraction of sp³-hybridized carbons (Fsp3) is 0.579. The highest BCUT2D eigenvalue weighted by Crippen LogP contribution is 2.31. The predicted molar refractivity (Wildman–Crippen MR) is 89.5 cm³/mol. The Labute approximate surface area is 138 Å². The number of rotatable bonds is 5. The van der Waals surface area contributed by atoms with Crippen molar-refractivity contribution in [2.24, 2.45) is 0 Å². The number of hydrogen-bond acceptors (Lipinski definition) is 3. The van der Waals surface area contributed by atoms with Crippen molar-refractivity contribution >= 4 is 5.91 Å². The number of nitrogens with zero attached hydrogens (tertiary/aromatic N) is 2. The molecule has 1 N–H and O–H groups in total. The van der Waals surface area contributed by atoms with Crippen LogP contribution in [0.15, 0.2) is 24.3 Å². The fourth-order valence-corrected chi connectivity index (χ4v) is 3.21. The van der Waals surface area contributed by atoms with Gasteiger partial charge in [-0.25, -0.2) is 0 Å². The molecule has 4 nitrogen and oxygen atoms in total. The zero-order valence-electron chi connectivity index (χ0n) is 14.1. The summed E-state index contributed by atoms with van der Waals surface area (Å²) in [6.07, 6.45) is 4.81. The molecule has 1 aromatic carbocycles. The van der Waals surface area contributed by atoms with Crippen LogP contribution in [0.4, 0.5) is 0 Å². The van der Waals surface area contributed by atoms with Gasteiger partial charge >= 0.3 is 0 Å². The molecule has 0 atom stereocenters. The second-order valence-electron chi connectivity index (χ2n) is 6.89. The van der Waals surface area contributed by atoms with E-state index in [1.54, 1.807) is 12.1 Å². The molecule has 1 aliphatic rings. The Hall–Kier alpha value is -1.86. The molecule has 23 heavy (non-hydrogen) atoms. The van der Waals surface area contributed by atoms with Crippen LogP contribution in [-0.2, 0) is 11.3 Å². The SMILES string of the molecule is CC(C)N(Cc1ccc(C#N)cc1)C(=O)CC1(O)CCCCC1. The number of hydrogen-bond donors (Lipinski definition) is 1. The molecule has 1 amide bonds. The molecule has 2 rings (SSSR count). The zero-order valence-corrected chi connectivity index (χ0v) is 14.1. The molecule has 124 valence electrons. The summed E-state index contributed by atoms with van der Waals surface area (Å²) in [5, 5.41) is 19.5. The summed E-state index contributed by atoms with van der Waals surface area (Å²) >= 11 is 0. The summed E-state index contributed by atoms with van der Waals surface area (Å²) in [6.45, 7) is 4.50. The Morgan fingerprint density at radius 1 is 1.26 bits per heavy atom. The van der Waals surface area contributed by atoms with Gasteiger partial charge in [-0.15, -0.1) is 0 Å². The molecule has 0 radical (unpaired) electrons. The normalized spacial score (nSPS) is 16.8. The molecule has 0 saturated heterocycles. The molecule has 1 aromatic rings. The average molecular weight is 314 g/mol. The van der Waals surface area contributed by atoms with E-state index in [-0.39, 0.29) is 18.4 Å². The molecule has 1 aliphatic carbocycles. The van der Waals surface area contributed by atoms with E-state index in [0.717, 1.165) is 37.7 Å². The van der Waals surface area contributed by atoms with Gasteiger partial charge < -0.3 is 10.0 Å². The van der Waals surface area contributed by atoms with Gasteiger partial charge in [0.1, 0.15) is 0 Å². The van der Waals surface area contributed by atoms with E-state index in [4.69, 9.17) is 5.26 Å². The molecule has 1 saturated carbocycles. The van der Waals surface area contributed by atoms with Gasteiger partial charge in [0.25, 0.3) is 0 Å². The molecule has 0 unspecified atom stereocenters. The second-order valence-corrected chi connectivity index (χ2v) is 6.89. The van der Waals surface area contributed by atoms with Gasteiger partial charge in [0.15, 0.2) is 0 Å². The summed E-state index contributed by atoms with van der Waals surface area (Å²) < 4.78 is 0. The molecule has 0 aliphatic heterocycles. The maximum absolute atomic E-state index is 12.7. The molecule has 4 heteroatoms. The van der Waals surface area contributed by atoms with Gasteiger partial charge in [-0.1, -0.05) is 31.4 Å². The minimum atomic E-state index is -0.826. The smallest absolute Gasteiger partial charge is 0.225 e. The first-order chi connectivity index (χ1) is 10.9. The molecule has 0 heterocycles. The molecule has 0 aromatic heterocycles. The maximum Gasteiger partial charge on any atom is 0.225 e. The Bertz CT molecular complexity index is 566. The molecule has 0 bridgehead atoms. The van der Waals surface area contributed by atoms with Gasteiger partial charge in [0.2, 0.25) is 5.91 Å². The number of nitriles is 1. The van der Waals surface area contributed by atoms with Crippen LogP contribution in [0, 0.1) is 11.3 Å². The van der Waals surface area contributed by atoms with Gasteiger partial charge in [-0.3, -0.25) is 4.79 Å². The topological polar surface area (TPSA) is 64.3 Å². The minimum absolute atomic E-state index is 0.00811. The van der Waals surface area contributed by atoms with Crippen LogP contribution in [0.25, 0.3) is 0 Å². The number of aliphatic hydroxyl groups is 1. The van der Waals surface area contributed by atoms with E-state index in [9.17, 15) is 9.90 Å². The lowest BCUT2D eigenvalue weighted by atomic mass is 9.82. The van der Waals surface area contributed by atoms with Crippen molar-refractivity contribution in [3.05, 3.63) is 35.4 Å². The van der Waals surface area contributed by atoms with Crippen LogP contribution in [0.1, 0.15) is 63.5 Å². The van der Waals surface area contributed by atoms with Crippen LogP contribution >= 0.6 is 0 Å². The van der Waals surface area contributed by atoms with E-state index in [1.165, 1.54) is 0 Å². The standard InChI is InChI=1S/C19H26N2O2/c1-15(2)21(14-17-8-6-16(13-20)7-9-17)18(22)12-19(23)10-4-3-5-11-19/h6-9,15,23H,3-5,10-12,14H2,1-2H3. The Morgan fingerprint density at radius 3 is 2.39 bits per heavy atom. The van der Waals surface area contributed by atoms with Crippen molar-refractivity contribution in [3.8, 4) is 6.07 Å². The molecular weight excluding hydrogens is 288 g/mol. The van der Waals surface area contributed by atoms with Gasteiger partial charge in [-0.05, 0) is 44.4 Å². The lowest BCUT2D eigenvalue weighted by Crippen LogP contribution is -2.43. The average Bonchev–Trinajstić information content (AvgIpc) is 2.53. The van der Waals surface area contributed by atoms with E-state index < -0.39 is 5.60 Å². The third-order valence-corrected chi connectivity index (χ3v) is 4.64. The highest BCUT2D eigenvalue weighted by Gasteiger charge is 2.33.